The summed E-state index contributed by atoms with van der Waals surface area (Å²) in [6.07, 6.45) is 3.44. The van der Waals surface area contributed by atoms with Crippen LogP contribution in [0.25, 0.3) is 0 Å². The van der Waals surface area contributed by atoms with Gasteiger partial charge in [0.15, 0.2) is 5.69 Å². The summed E-state index contributed by atoms with van der Waals surface area (Å²) in [5.41, 5.74) is 0.230. The first-order valence-electron chi connectivity index (χ1n) is 6.54. The second kappa shape index (κ2) is 6.99. The van der Waals surface area contributed by atoms with Gasteiger partial charge in [0.05, 0.1) is 25.8 Å². The number of rotatable bonds is 6. The minimum Gasteiger partial charge on any atom is -0.469 e. The average molecular weight is 282 g/mol. The molecule has 1 unspecified atom stereocenters. The number of aromatic nitrogens is 3. The number of H-pyrrole nitrogens is 1. The predicted octanol–water partition coefficient (Wildman–Crippen LogP) is -0.0110. The zero-order valence-electron chi connectivity index (χ0n) is 11.4. The van der Waals surface area contributed by atoms with Crippen molar-refractivity contribution in [2.24, 2.45) is 0 Å². The molecule has 1 fully saturated rings. The molecule has 1 aromatic rings. The van der Waals surface area contributed by atoms with Crippen molar-refractivity contribution in [2.75, 3.05) is 26.8 Å². The number of esters is 1. The molecule has 0 saturated carbocycles. The van der Waals surface area contributed by atoms with E-state index in [4.69, 9.17) is 4.74 Å². The van der Waals surface area contributed by atoms with Crippen molar-refractivity contribution in [3.63, 3.8) is 0 Å². The fourth-order valence-electron chi connectivity index (χ4n) is 2.10. The normalized spacial score (nSPS) is 17.9. The van der Waals surface area contributed by atoms with Crippen molar-refractivity contribution in [3.05, 3.63) is 11.9 Å². The molecule has 8 nitrogen and oxygen atoms in total. The van der Waals surface area contributed by atoms with Gasteiger partial charge in [-0.05, 0) is 12.8 Å². The van der Waals surface area contributed by atoms with E-state index in [-0.39, 0.29) is 36.6 Å². The van der Waals surface area contributed by atoms with Crippen molar-refractivity contribution in [1.82, 2.24) is 20.3 Å². The van der Waals surface area contributed by atoms with Crippen molar-refractivity contribution in [2.45, 2.75) is 25.4 Å². The standard InChI is InChI=1S/C12H18N4O4/c1-19-11(17)4-5-16(8-9-3-2-6-20-9)12(18)10-7-13-15-14-10/h7,9H,2-6,8H2,1H3,(H,13,14,15). The Morgan fingerprint density at radius 3 is 3.05 bits per heavy atom. The second-order valence-corrected chi connectivity index (χ2v) is 4.57. The Bertz CT molecular complexity index is 442. The molecule has 1 aliphatic rings. The summed E-state index contributed by atoms with van der Waals surface area (Å²) in [6.45, 7) is 1.44. The van der Waals surface area contributed by atoms with Gasteiger partial charge in [-0.25, -0.2) is 0 Å². The lowest BCUT2D eigenvalue weighted by Gasteiger charge is -2.24. The highest BCUT2D eigenvalue weighted by molar-refractivity contribution is 5.92. The molecule has 0 bridgehead atoms. The minimum atomic E-state index is -0.352. The van der Waals surface area contributed by atoms with Gasteiger partial charge in [-0.1, -0.05) is 0 Å². The lowest BCUT2D eigenvalue weighted by Crippen LogP contribution is -2.39. The monoisotopic (exact) mass is 282 g/mol. The molecule has 110 valence electrons. The highest BCUT2D eigenvalue weighted by Crippen LogP contribution is 2.14. The molecule has 2 heterocycles. The Hall–Kier alpha value is -1.96. The summed E-state index contributed by atoms with van der Waals surface area (Å²) in [6, 6.07) is 0. The van der Waals surface area contributed by atoms with E-state index in [0.29, 0.717) is 13.2 Å². The zero-order valence-corrected chi connectivity index (χ0v) is 11.4. The number of amides is 1. The number of ether oxygens (including phenoxy) is 2. The number of nitrogens with one attached hydrogen (secondary N) is 1. The number of methoxy groups -OCH3 is 1. The first kappa shape index (κ1) is 14.4. The third kappa shape index (κ3) is 3.77. The molecule has 0 spiro atoms. The van der Waals surface area contributed by atoms with Crippen LogP contribution in [-0.4, -0.2) is 65.1 Å². The maximum absolute atomic E-state index is 12.3. The van der Waals surface area contributed by atoms with Crippen LogP contribution in [0.1, 0.15) is 29.8 Å². The first-order valence-corrected chi connectivity index (χ1v) is 6.54. The first-order chi connectivity index (χ1) is 9.70. The SMILES string of the molecule is COC(=O)CCN(CC1CCCO1)C(=O)c1cn[nH]n1. The summed E-state index contributed by atoms with van der Waals surface area (Å²) in [5, 5.41) is 9.80. The van der Waals surface area contributed by atoms with Gasteiger partial charge in [0.25, 0.3) is 5.91 Å². The van der Waals surface area contributed by atoms with Gasteiger partial charge >= 0.3 is 5.97 Å². The Kier molecular flexibility index (Phi) is 5.05. The van der Waals surface area contributed by atoms with Crippen LogP contribution in [0.4, 0.5) is 0 Å². The van der Waals surface area contributed by atoms with Crippen LogP contribution in [0.2, 0.25) is 0 Å². The van der Waals surface area contributed by atoms with E-state index >= 15 is 0 Å². The molecule has 1 aliphatic heterocycles. The maximum atomic E-state index is 12.3. The number of carbonyl (C=O) groups is 2. The van der Waals surface area contributed by atoms with E-state index in [1.807, 2.05) is 0 Å². The van der Waals surface area contributed by atoms with Gasteiger partial charge in [-0.15, -0.1) is 0 Å². The van der Waals surface area contributed by atoms with Gasteiger partial charge in [-0.2, -0.15) is 15.4 Å². The molecule has 1 amide bonds. The van der Waals surface area contributed by atoms with Crippen molar-refractivity contribution in [1.29, 1.82) is 0 Å². The molecule has 1 saturated heterocycles. The summed E-state index contributed by atoms with van der Waals surface area (Å²) < 4.78 is 10.1. The molecule has 2 rings (SSSR count). The highest BCUT2D eigenvalue weighted by Gasteiger charge is 2.25. The van der Waals surface area contributed by atoms with Crippen LogP contribution < -0.4 is 0 Å². The Morgan fingerprint density at radius 2 is 2.45 bits per heavy atom. The van der Waals surface area contributed by atoms with Crippen LogP contribution >= 0.6 is 0 Å². The van der Waals surface area contributed by atoms with Crippen LogP contribution in [0.3, 0.4) is 0 Å². The summed E-state index contributed by atoms with van der Waals surface area (Å²) in [7, 11) is 1.33. The summed E-state index contributed by atoms with van der Waals surface area (Å²) >= 11 is 0. The second-order valence-electron chi connectivity index (χ2n) is 4.57. The van der Waals surface area contributed by atoms with Crippen LogP contribution in [0.15, 0.2) is 6.20 Å². The molecule has 1 aromatic heterocycles. The predicted molar refractivity (Wildman–Crippen MR) is 67.9 cm³/mol. The third-order valence-corrected chi connectivity index (χ3v) is 3.18. The largest absolute Gasteiger partial charge is 0.469 e. The van der Waals surface area contributed by atoms with Crippen molar-refractivity contribution < 1.29 is 19.1 Å². The van der Waals surface area contributed by atoms with Crippen molar-refractivity contribution in [3.8, 4) is 0 Å². The lowest BCUT2D eigenvalue weighted by atomic mass is 10.2. The fraction of sp³-hybridized carbons (Fsp3) is 0.667. The molecule has 1 atom stereocenters. The summed E-state index contributed by atoms with van der Waals surface area (Å²) in [5.74, 6) is -0.617. The Labute approximate surface area is 116 Å². The maximum Gasteiger partial charge on any atom is 0.307 e. The topological polar surface area (TPSA) is 97.4 Å². The third-order valence-electron chi connectivity index (χ3n) is 3.18. The van der Waals surface area contributed by atoms with E-state index in [0.717, 1.165) is 12.8 Å². The Morgan fingerprint density at radius 1 is 1.60 bits per heavy atom. The smallest absolute Gasteiger partial charge is 0.307 e. The molecule has 8 heteroatoms. The number of aromatic amines is 1. The van der Waals surface area contributed by atoms with Gasteiger partial charge in [0.1, 0.15) is 0 Å². The van der Waals surface area contributed by atoms with Gasteiger partial charge in [0, 0.05) is 19.7 Å². The number of nitrogens with zero attached hydrogens (tertiary/aromatic N) is 3. The average Bonchev–Trinajstić information content (AvgIpc) is 3.14. The molecule has 0 aromatic carbocycles. The van der Waals surface area contributed by atoms with E-state index in [1.54, 1.807) is 4.90 Å². The lowest BCUT2D eigenvalue weighted by molar-refractivity contribution is -0.140. The molecule has 20 heavy (non-hydrogen) atoms. The van der Waals surface area contributed by atoms with Crippen LogP contribution in [-0.2, 0) is 14.3 Å². The van der Waals surface area contributed by atoms with Crippen molar-refractivity contribution >= 4 is 11.9 Å². The van der Waals surface area contributed by atoms with Crippen LogP contribution in [0, 0.1) is 0 Å². The van der Waals surface area contributed by atoms with Gasteiger partial charge in [0.2, 0.25) is 0 Å². The molecular formula is C12H18N4O4. The Balaban J connectivity index is 1.98. The van der Waals surface area contributed by atoms with Gasteiger partial charge < -0.3 is 14.4 Å². The minimum absolute atomic E-state index is 0.0171. The fourth-order valence-corrected chi connectivity index (χ4v) is 2.10. The van der Waals surface area contributed by atoms with Crippen LogP contribution in [0.5, 0.6) is 0 Å². The highest BCUT2D eigenvalue weighted by atomic mass is 16.5. The van der Waals surface area contributed by atoms with E-state index < -0.39 is 0 Å². The zero-order chi connectivity index (χ0) is 14.4. The molecule has 0 aliphatic carbocycles. The molecule has 1 N–H and O–H groups in total. The number of hydrogen-bond donors (Lipinski definition) is 1. The number of hydrogen-bond acceptors (Lipinski definition) is 6. The van der Waals surface area contributed by atoms with E-state index in [9.17, 15) is 9.59 Å². The molecular weight excluding hydrogens is 264 g/mol. The van der Waals surface area contributed by atoms with Gasteiger partial charge in [-0.3, -0.25) is 9.59 Å². The van der Waals surface area contributed by atoms with E-state index in [1.165, 1.54) is 13.3 Å². The quantitative estimate of drug-likeness (QED) is 0.737. The molecule has 0 radical (unpaired) electrons. The summed E-state index contributed by atoms with van der Waals surface area (Å²) in [4.78, 5) is 25.1. The number of carbonyl (C=O) groups excluding carboxylic acids is 2. The van der Waals surface area contributed by atoms with E-state index in [2.05, 4.69) is 20.1 Å².